The summed E-state index contributed by atoms with van der Waals surface area (Å²) >= 11 is 0. The van der Waals surface area contributed by atoms with E-state index in [9.17, 15) is 9.59 Å². The highest BCUT2D eigenvalue weighted by Crippen LogP contribution is 2.30. The second-order valence-electron chi connectivity index (χ2n) is 4.89. The van der Waals surface area contributed by atoms with Crippen LogP contribution in [0, 0.1) is 0 Å². The van der Waals surface area contributed by atoms with Gasteiger partial charge in [-0.2, -0.15) is 0 Å². The van der Waals surface area contributed by atoms with E-state index in [4.69, 9.17) is 5.11 Å². The molecule has 0 aliphatic heterocycles. The Balaban J connectivity index is 0.000000924. The molecule has 0 saturated heterocycles. The second-order valence-corrected chi connectivity index (χ2v) is 4.89. The molecule has 1 heterocycles. The largest absolute Gasteiger partial charge is 0.478 e. The lowest BCUT2D eigenvalue weighted by Gasteiger charge is -2.04. The van der Waals surface area contributed by atoms with Gasteiger partial charge in [-0.25, -0.2) is 4.79 Å². The molecule has 0 unspecified atom stereocenters. The average molecular weight is 309 g/mol. The predicted molar refractivity (Wildman–Crippen MR) is 92.0 cm³/mol. The van der Waals surface area contributed by atoms with Crippen LogP contribution in [0.5, 0.6) is 0 Å². The van der Waals surface area contributed by atoms with Crippen LogP contribution >= 0.6 is 0 Å². The van der Waals surface area contributed by atoms with Crippen molar-refractivity contribution in [1.29, 1.82) is 0 Å². The Labute approximate surface area is 134 Å². The van der Waals surface area contributed by atoms with Gasteiger partial charge in [-0.15, -0.1) is 0 Å². The number of aromatic carboxylic acids is 1. The molecule has 0 amide bonds. The van der Waals surface area contributed by atoms with Crippen molar-refractivity contribution in [3.05, 3.63) is 59.8 Å². The van der Waals surface area contributed by atoms with Gasteiger partial charge in [-0.05, 0) is 35.4 Å². The number of Topliss-reactive ketones (excluding diaryl/α,β-unsaturated/α-hetero) is 1. The molecule has 0 aliphatic carbocycles. The van der Waals surface area contributed by atoms with Crippen LogP contribution in [0.1, 0.15) is 41.6 Å². The summed E-state index contributed by atoms with van der Waals surface area (Å²) in [5, 5.41) is 10.0. The highest BCUT2D eigenvalue weighted by Gasteiger charge is 2.11. The smallest absolute Gasteiger partial charge is 0.335 e. The van der Waals surface area contributed by atoms with Crippen LogP contribution in [-0.2, 0) is 0 Å². The molecule has 2 aromatic carbocycles. The third kappa shape index (κ3) is 3.31. The summed E-state index contributed by atoms with van der Waals surface area (Å²) in [6, 6.07) is 14.3. The quantitative estimate of drug-likeness (QED) is 0.685. The minimum atomic E-state index is -0.956. The lowest BCUT2D eigenvalue weighted by molar-refractivity contribution is 0.0696. The van der Waals surface area contributed by atoms with Gasteiger partial charge >= 0.3 is 5.97 Å². The Morgan fingerprint density at radius 3 is 2.35 bits per heavy atom. The number of hydrogen-bond donors (Lipinski definition) is 2. The van der Waals surface area contributed by atoms with E-state index in [2.05, 4.69) is 4.98 Å². The van der Waals surface area contributed by atoms with Gasteiger partial charge < -0.3 is 10.1 Å². The van der Waals surface area contributed by atoms with Crippen LogP contribution in [0.4, 0.5) is 0 Å². The summed E-state index contributed by atoms with van der Waals surface area (Å²) in [4.78, 5) is 25.7. The number of hydrogen-bond acceptors (Lipinski definition) is 2. The van der Waals surface area contributed by atoms with E-state index >= 15 is 0 Å². The molecule has 0 radical (unpaired) electrons. The van der Waals surface area contributed by atoms with Gasteiger partial charge in [0.25, 0.3) is 0 Å². The lowest BCUT2D eigenvalue weighted by Crippen LogP contribution is -1.95. The number of nitrogens with one attached hydrogen (secondary N) is 1. The molecule has 0 spiro atoms. The zero-order chi connectivity index (χ0) is 17.0. The zero-order valence-electron chi connectivity index (χ0n) is 13.4. The molecular weight excluding hydrogens is 290 g/mol. The number of rotatable bonds is 3. The van der Waals surface area contributed by atoms with Crippen molar-refractivity contribution in [2.24, 2.45) is 0 Å². The van der Waals surface area contributed by atoms with E-state index < -0.39 is 5.97 Å². The number of carboxylic acids is 1. The summed E-state index contributed by atoms with van der Waals surface area (Å²) in [6.07, 6.45) is 0. The number of benzene rings is 2. The lowest BCUT2D eigenvalue weighted by atomic mass is 9.99. The second kappa shape index (κ2) is 6.92. The first-order chi connectivity index (χ1) is 11.1. The summed E-state index contributed by atoms with van der Waals surface area (Å²) in [5.41, 5.74) is 3.37. The predicted octanol–water partition coefficient (Wildman–Crippen LogP) is 4.76. The molecule has 0 atom stereocenters. The molecule has 0 aliphatic rings. The number of aromatic amines is 1. The fourth-order valence-electron chi connectivity index (χ4n) is 2.42. The maximum Gasteiger partial charge on any atom is 0.335 e. The minimum absolute atomic E-state index is 0.0311. The van der Waals surface area contributed by atoms with E-state index in [1.807, 2.05) is 38.1 Å². The van der Waals surface area contributed by atoms with Crippen LogP contribution in [0.2, 0.25) is 0 Å². The van der Waals surface area contributed by atoms with Crippen molar-refractivity contribution in [3.63, 3.8) is 0 Å². The van der Waals surface area contributed by atoms with E-state index in [1.54, 1.807) is 24.3 Å². The maximum absolute atomic E-state index is 11.5. The molecule has 3 rings (SSSR count). The van der Waals surface area contributed by atoms with Crippen LogP contribution in [-0.4, -0.2) is 21.8 Å². The van der Waals surface area contributed by atoms with Crippen molar-refractivity contribution in [3.8, 4) is 11.1 Å². The Hall–Kier alpha value is -2.88. The van der Waals surface area contributed by atoms with Crippen molar-refractivity contribution in [2.75, 3.05) is 0 Å². The molecule has 23 heavy (non-hydrogen) atoms. The van der Waals surface area contributed by atoms with Crippen molar-refractivity contribution >= 4 is 22.7 Å². The van der Waals surface area contributed by atoms with Gasteiger partial charge in [0, 0.05) is 17.8 Å². The average Bonchev–Trinajstić information content (AvgIpc) is 3.01. The number of carbonyl (C=O) groups is 2. The van der Waals surface area contributed by atoms with E-state index in [0.29, 0.717) is 5.69 Å². The molecular formula is C19H19NO3. The first kappa shape index (κ1) is 16.5. The summed E-state index contributed by atoms with van der Waals surface area (Å²) in [5.74, 6) is -0.987. The molecule has 4 nitrogen and oxygen atoms in total. The van der Waals surface area contributed by atoms with Gasteiger partial charge in [0.1, 0.15) is 0 Å². The molecule has 3 aromatic rings. The SMILES string of the molecule is CC.CC(=O)c1cc2c(-c3cccc(C(=O)O)c3)cccc2[nH]1. The third-order valence-corrected chi connectivity index (χ3v) is 3.46. The minimum Gasteiger partial charge on any atom is -0.478 e. The first-order valence-corrected chi connectivity index (χ1v) is 7.52. The highest BCUT2D eigenvalue weighted by molar-refractivity contribution is 6.03. The molecule has 4 heteroatoms. The standard InChI is InChI=1S/C17H13NO3.C2H6/c1-10(19)16-9-14-13(6-3-7-15(14)18-16)11-4-2-5-12(8-11)17(20)21;1-2/h2-9,18H,1H3,(H,20,21);1-2H3. The topological polar surface area (TPSA) is 70.2 Å². The fraction of sp³-hybridized carbons (Fsp3) is 0.158. The molecule has 0 bridgehead atoms. The number of ketones is 1. The maximum atomic E-state index is 11.5. The van der Waals surface area contributed by atoms with E-state index in [1.165, 1.54) is 6.92 Å². The number of aromatic nitrogens is 1. The number of carbonyl (C=O) groups excluding carboxylic acids is 1. The van der Waals surface area contributed by atoms with Crippen LogP contribution in [0.15, 0.2) is 48.5 Å². The Kier molecular flexibility index (Phi) is 4.96. The van der Waals surface area contributed by atoms with Gasteiger partial charge in [-0.3, -0.25) is 4.79 Å². The molecule has 0 saturated carbocycles. The Bertz CT molecular complexity index is 862. The van der Waals surface area contributed by atoms with Gasteiger partial charge in [-0.1, -0.05) is 38.1 Å². The highest BCUT2D eigenvalue weighted by atomic mass is 16.4. The molecule has 118 valence electrons. The van der Waals surface area contributed by atoms with Crippen LogP contribution < -0.4 is 0 Å². The number of H-pyrrole nitrogens is 1. The van der Waals surface area contributed by atoms with Crippen molar-refractivity contribution in [1.82, 2.24) is 4.98 Å². The third-order valence-electron chi connectivity index (χ3n) is 3.46. The first-order valence-electron chi connectivity index (χ1n) is 7.52. The van der Waals surface area contributed by atoms with E-state index in [-0.39, 0.29) is 11.3 Å². The molecule has 1 aromatic heterocycles. The number of carboxylic acid groups (broad SMARTS) is 1. The zero-order valence-corrected chi connectivity index (χ0v) is 13.4. The van der Waals surface area contributed by atoms with Gasteiger partial charge in [0.15, 0.2) is 5.78 Å². The summed E-state index contributed by atoms with van der Waals surface area (Å²) < 4.78 is 0. The van der Waals surface area contributed by atoms with Crippen LogP contribution in [0.3, 0.4) is 0 Å². The Morgan fingerprint density at radius 2 is 1.70 bits per heavy atom. The number of fused-ring (bicyclic) bond motifs is 1. The van der Waals surface area contributed by atoms with Gasteiger partial charge in [0.2, 0.25) is 0 Å². The van der Waals surface area contributed by atoms with Gasteiger partial charge in [0.05, 0.1) is 11.3 Å². The fourth-order valence-corrected chi connectivity index (χ4v) is 2.42. The van der Waals surface area contributed by atoms with Crippen molar-refractivity contribution < 1.29 is 14.7 Å². The normalized spacial score (nSPS) is 10.0. The summed E-state index contributed by atoms with van der Waals surface area (Å²) in [7, 11) is 0. The van der Waals surface area contributed by atoms with Crippen molar-refractivity contribution in [2.45, 2.75) is 20.8 Å². The monoisotopic (exact) mass is 309 g/mol. The molecule has 0 fully saturated rings. The summed E-state index contributed by atoms with van der Waals surface area (Å²) in [6.45, 7) is 5.51. The molecule has 2 N–H and O–H groups in total. The van der Waals surface area contributed by atoms with E-state index in [0.717, 1.165) is 22.0 Å². The Morgan fingerprint density at radius 1 is 1.00 bits per heavy atom. The van der Waals surface area contributed by atoms with Crippen LogP contribution in [0.25, 0.3) is 22.0 Å².